The van der Waals surface area contributed by atoms with Gasteiger partial charge < -0.3 is 24.3 Å². The van der Waals surface area contributed by atoms with Crippen LogP contribution >= 0.6 is 8.53 Å². The second-order valence-electron chi connectivity index (χ2n) is 5.89. The maximum Gasteiger partial charge on any atom is 0.124 e. The molecule has 3 aromatic rings. The number of methoxy groups -OCH3 is 2. The van der Waals surface area contributed by atoms with E-state index in [0.29, 0.717) is 22.6 Å². The van der Waals surface area contributed by atoms with E-state index in [2.05, 4.69) is 5.09 Å². The van der Waals surface area contributed by atoms with E-state index < -0.39 is 14.1 Å². The topological polar surface area (TPSA) is 76.6 Å². The Balaban J connectivity index is 2.43. The zero-order valence-corrected chi connectivity index (χ0v) is 16.0. The molecule has 140 valence electrons. The Morgan fingerprint density at radius 2 is 1.15 bits per heavy atom. The van der Waals surface area contributed by atoms with Crippen LogP contribution in [0.5, 0.6) is 11.5 Å². The molecule has 0 saturated heterocycles. The predicted molar refractivity (Wildman–Crippen MR) is 102 cm³/mol. The van der Waals surface area contributed by atoms with E-state index in [1.807, 2.05) is 78.9 Å². The molecule has 27 heavy (non-hydrogen) atoms. The van der Waals surface area contributed by atoms with Crippen molar-refractivity contribution in [3.05, 3.63) is 95.6 Å². The molecule has 0 spiro atoms. The number of benzene rings is 3. The third kappa shape index (κ3) is 3.68. The Kier molecular flexibility index (Phi) is 6.09. The zero-order chi connectivity index (χ0) is 19.3. The lowest BCUT2D eigenvalue weighted by Crippen LogP contribution is -2.46. The SMILES string of the molecule is COc1ccccc1C(NP([O-])[O-])(c1ccccc1)c1ccccc1OC. The highest BCUT2D eigenvalue weighted by Gasteiger charge is 2.39. The van der Waals surface area contributed by atoms with Crippen LogP contribution in [-0.4, -0.2) is 14.2 Å². The minimum Gasteiger partial charge on any atom is -0.830 e. The summed E-state index contributed by atoms with van der Waals surface area (Å²) in [5.41, 5.74) is 0.873. The van der Waals surface area contributed by atoms with Gasteiger partial charge in [-0.25, -0.2) is 8.53 Å². The van der Waals surface area contributed by atoms with Gasteiger partial charge in [0.05, 0.1) is 14.2 Å². The maximum absolute atomic E-state index is 12.0. The summed E-state index contributed by atoms with van der Waals surface area (Å²) in [6.07, 6.45) is 0. The number of hydrogen-bond acceptors (Lipinski definition) is 5. The van der Waals surface area contributed by atoms with Crippen LogP contribution in [0.15, 0.2) is 78.9 Å². The molecule has 0 aromatic heterocycles. The molecule has 0 aliphatic heterocycles. The Morgan fingerprint density at radius 1 is 0.704 bits per heavy atom. The van der Waals surface area contributed by atoms with Crippen molar-refractivity contribution in [2.45, 2.75) is 5.54 Å². The monoisotopic (exact) mass is 381 g/mol. The fourth-order valence-electron chi connectivity index (χ4n) is 3.38. The van der Waals surface area contributed by atoms with Gasteiger partial charge in [-0.15, -0.1) is 0 Å². The molecule has 6 heteroatoms. The van der Waals surface area contributed by atoms with E-state index in [1.54, 1.807) is 14.2 Å². The van der Waals surface area contributed by atoms with E-state index in [4.69, 9.17) is 9.47 Å². The Bertz CT molecular complexity index is 839. The lowest BCUT2D eigenvalue weighted by molar-refractivity contribution is -0.297. The van der Waals surface area contributed by atoms with Crippen molar-refractivity contribution < 1.29 is 19.3 Å². The zero-order valence-electron chi connectivity index (χ0n) is 15.1. The third-order valence-electron chi connectivity index (χ3n) is 4.49. The second-order valence-corrected chi connectivity index (χ2v) is 6.62. The van der Waals surface area contributed by atoms with Gasteiger partial charge in [-0.1, -0.05) is 66.7 Å². The van der Waals surface area contributed by atoms with Crippen molar-refractivity contribution in [2.75, 3.05) is 14.2 Å². The molecule has 0 fully saturated rings. The van der Waals surface area contributed by atoms with E-state index in [1.165, 1.54) is 0 Å². The highest BCUT2D eigenvalue weighted by Crippen LogP contribution is 2.46. The van der Waals surface area contributed by atoms with Crippen LogP contribution in [0.2, 0.25) is 0 Å². The van der Waals surface area contributed by atoms with Crippen molar-refractivity contribution in [3.63, 3.8) is 0 Å². The molecule has 1 N–H and O–H groups in total. The van der Waals surface area contributed by atoms with Crippen LogP contribution in [-0.2, 0) is 5.54 Å². The van der Waals surface area contributed by atoms with Gasteiger partial charge in [0.15, 0.2) is 0 Å². The average molecular weight is 381 g/mol. The lowest BCUT2D eigenvalue weighted by atomic mass is 9.77. The first kappa shape index (κ1) is 19.3. The predicted octanol–water partition coefficient (Wildman–Crippen LogP) is 2.53. The highest BCUT2D eigenvalue weighted by atomic mass is 31.2. The summed E-state index contributed by atoms with van der Waals surface area (Å²) in [5, 5.41) is 2.79. The van der Waals surface area contributed by atoms with Crippen LogP contribution in [0.1, 0.15) is 16.7 Å². The number of para-hydroxylation sites is 2. The van der Waals surface area contributed by atoms with Crippen molar-refractivity contribution in [2.24, 2.45) is 0 Å². The van der Waals surface area contributed by atoms with E-state index in [9.17, 15) is 9.79 Å². The van der Waals surface area contributed by atoms with Gasteiger partial charge in [-0.2, -0.15) is 0 Å². The van der Waals surface area contributed by atoms with Gasteiger partial charge in [0.1, 0.15) is 17.0 Å². The fraction of sp³-hybridized carbons (Fsp3) is 0.143. The van der Waals surface area contributed by atoms with Crippen molar-refractivity contribution in [1.29, 1.82) is 0 Å². The normalized spacial score (nSPS) is 11.4. The van der Waals surface area contributed by atoms with Gasteiger partial charge in [-0.3, -0.25) is 0 Å². The largest absolute Gasteiger partial charge is 0.830 e. The second kappa shape index (κ2) is 8.51. The first-order chi connectivity index (χ1) is 13.1. The number of nitrogens with one attached hydrogen (secondary N) is 1. The maximum atomic E-state index is 12.0. The summed E-state index contributed by atoms with van der Waals surface area (Å²) in [6.45, 7) is 0. The first-order valence-electron chi connectivity index (χ1n) is 8.38. The molecule has 0 radical (unpaired) electrons. The van der Waals surface area contributed by atoms with Gasteiger partial charge in [0, 0.05) is 11.1 Å². The molecule has 5 nitrogen and oxygen atoms in total. The Labute approximate surface area is 160 Å². The van der Waals surface area contributed by atoms with Gasteiger partial charge >= 0.3 is 0 Å². The van der Waals surface area contributed by atoms with Crippen molar-refractivity contribution in [3.8, 4) is 11.5 Å². The number of ether oxygens (including phenoxy) is 2. The number of rotatable bonds is 7. The minimum absolute atomic E-state index is 0.566. The minimum atomic E-state index is -2.96. The molecule has 0 aliphatic carbocycles. The van der Waals surface area contributed by atoms with Crippen LogP contribution in [0.25, 0.3) is 0 Å². The van der Waals surface area contributed by atoms with Crippen molar-refractivity contribution in [1.82, 2.24) is 5.09 Å². The van der Waals surface area contributed by atoms with E-state index in [-0.39, 0.29) is 0 Å². The van der Waals surface area contributed by atoms with Crippen LogP contribution < -0.4 is 24.3 Å². The van der Waals surface area contributed by atoms with Crippen LogP contribution in [0.3, 0.4) is 0 Å². The Morgan fingerprint density at radius 3 is 1.59 bits per heavy atom. The Hall–Kier alpha value is -2.43. The van der Waals surface area contributed by atoms with Gasteiger partial charge in [0.25, 0.3) is 0 Å². The molecule has 0 unspecified atom stereocenters. The molecular weight excluding hydrogens is 361 g/mol. The van der Waals surface area contributed by atoms with E-state index in [0.717, 1.165) is 5.56 Å². The van der Waals surface area contributed by atoms with Crippen LogP contribution in [0.4, 0.5) is 0 Å². The molecule has 0 atom stereocenters. The molecule has 0 bridgehead atoms. The average Bonchev–Trinajstić information content (AvgIpc) is 2.72. The van der Waals surface area contributed by atoms with E-state index >= 15 is 0 Å². The molecule has 3 aromatic carbocycles. The molecule has 0 amide bonds. The molecule has 0 aliphatic rings. The smallest absolute Gasteiger partial charge is 0.124 e. The summed E-state index contributed by atoms with van der Waals surface area (Å²) >= 11 is 0. The van der Waals surface area contributed by atoms with Crippen molar-refractivity contribution >= 4 is 8.53 Å². The summed E-state index contributed by atoms with van der Waals surface area (Å²) in [7, 11) is 0.172. The molecule has 0 heterocycles. The van der Waals surface area contributed by atoms with Gasteiger partial charge in [-0.05, 0) is 17.7 Å². The molecule has 3 rings (SSSR count). The summed E-state index contributed by atoms with van der Waals surface area (Å²) < 4.78 is 11.1. The standard InChI is InChI=1S/C21H20NO4P/c1-25-19-14-8-6-12-17(19)21(22-27(23)24,16-10-4-3-5-11-16)18-13-7-9-15-20(18)26-2/h3-15,22H,1-2H3/q-2. The van der Waals surface area contributed by atoms with Gasteiger partial charge in [0.2, 0.25) is 0 Å². The molecule has 0 saturated carbocycles. The summed E-state index contributed by atoms with van der Waals surface area (Å²) in [4.78, 5) is 24.0. The molecular formula is C21H20NO4P-2. The quantitative estimate of drug-likeness (QED) is 0.503. The van der Waals surface area contributed by atoms with Crippen LogP contribution in [0, 0.1) is 0 Å². The highest BCUT2D eigenvalue weighted by molar-refractivity contribution is 7.39. The first-order valence-corrected chi connectivity index (χ1v) is 9.56. The third-order valence-corrected chi connectivity index (χ3v) is 5.01. The lowest BCUT2D eigenvalue weighted by Gasteiger charge is -2.46. The summed E-state index contributed by atoms with van der Waals surface area (Å²) in [6, 6.07) is 24.1. The summed E-state index contributed by atoms with van der Waals surface area (Å²) in [5.74, 6) is 1.13. The number of hydrogen-bond donors (Lipinski definition) is 1. The fourth-order valence-corrected chi connectivity index (χ4v) is 4.02.